The first kappa shape index (κ1) is 20.4. The maximum absolute atomic E-state index is 12.6. The molecule has 1 unspecified atom stereocenters. The summed E-state index contributed by atoms with van der Waals surface area (Å²) >= 11 is 0. The van der Waals surface area contributed by atoms with Crippen molar-refractivity contribution in [2.45, 2.75) is 24.8 Å². The number of ether oxygens (including phenoxy) is 1. The lowest BCUT2D eigenvalue weighted by atomic mass is 10.1. The Morgan fingerprint density at radius 2 is 1.79 bits per heavy atom. The first-order valence-electron chi connectivity index (χ1n) is 7.30. The average molecular weight is 371 g/mol. The number of hydrogen-bond donors (Lipinski definition) is 2. The van der Waals surface area contributed by atoms with E-state index >= 15 is 0 Å². The highest BCUT2D eigenvalue weighted by Crippen LogP contribution is 2.29. The topological polar surface area (TPSA) is 81.4 Å². The minimum absolute atomic E-state index is 0. The minimum atomic E-state index is -3.71. The molecule has 3 N–H and O–H groups in total. The van der Waals surface area contributed by atoms with Crippen molar-refractivity contribution in [1.82, 2.24) is 4.72 Å². The van der Waals surface area contributed by atoms with Crippen LogP contribution in [0.5, 0.6) is 5.75 Å². The summed E-state index contributed by atoms with van der Waals surface area (Å²) in [6.07, 6.45) is 0. The quantitative estimate of drug-likeness (QED) is 0.819. The van der Waals surface area contributed by atoms with Gasteiger partial charge in [0.1, 0.15) is 10.6 Å². The molecule has 0 saturated heterocycles. The van der Waals surface area contributed by atoms with Crippen LogP contribution in [0.2, 0.25) is 0 Å². The van der Waals surface area contributed by atoms with Gasteiger partial charge in [-0.25, -0.2) is 13.1 Å². The predicted molar refractivity (Wildman–Crippen MR) is 98.3 cm³/mol. The fraction of sp³-hybridized carbons (Fsp3) is 0.294. The number of hydrogen-bond acceptors (Lipinski definition) is 4. The van der Waals surface area contributed by atoms with Crippen LogP contribution in [0.3, 0.4) is 0 Å². The van der Waals surface area contributed by atoms with E-state index in [2.05, 4.69) is 4.72 Å². The van der Waals surface area contributed by atoms with Crippen molar-refractivity contribution < 1.29 is 13.2 Å². The molecule has 24 heavy (non-hydrogen) atoms. The largest absolute Gasteiger partial charge is 0.495 e. The van der Waals surface area contributed by atoms with E-state index in [1.165, 1.54) is 7.11 Å². The second-order valence-electron chi connectivity index (χ2n) is 5.48. The number of halogens is 1. The van der Waals surface area contributed by atoms with Crippen LogP contribution < -0.4 is 15.2 Å². The Hall–Kier alpha value is -1.60. The van der Waals surface area contributed by atoms with E-state index in [4.69, 9.17) is 10.5 Å². The molecule has 132 valence electrons. The Morgan fingerprint density at radius 1 is 1.17 bits per heavy atom. The summed E-state index contributed by atoms with van der Waals surface area (Å²) in [6.45, 7) is 3.78. The highest BCUT2D eigenvalue weighted by Gasteiger charge is 2.22. The van der Waals surface area contributed by atoms with Gasteiger partial charge in [-0.3, -0.25) is 0 Å². The lowest BCUT2D eigenvalue weighted by Crippen LogP contribution is -2.32. The Bertz CT molecular complexity index is 780. The average Bonchev–Trinajstić information content (AvgIpc) is 2.53. The van der Waals surface area contributed by atoms with Crippen LogP contribution in [0.1, 0.15) is 22.7 Å². The standard InChI is InChI=1S/C17H22N2O3S.ClH/c1-12-9-13(2)17(22-3)16(10-12)23(20,21)19-11-15(18)14-7-5-4-6-8-14;/h4-10,15,19H,11,18H2,1-3H3;1H. The molecule has 0 bridgehead atoms. The van der Waals surface area contributed by atoms with Gasteiger partial charge in [0.25, 0.3) is 0 Å². The SMILES string of the molecule is COc1c(C)cc(C)cc1S(=O)(=O)NCC(N)c1ccccc1.Cl. The molecule has 0 fully saturated rings. The molecule has 0 aliphatic heterocycles. The Kier molecular flexibility index (Phi) is 7.23. The van der Waals surface area contributed by atoms with Crippen molar-refractivity contribution in [2.75, 3.05) is 13.7 Å². The third-order valence-corrected chi connectivity index (χ3v) is 5.03. The third-order valence-electron chi connectivity index (χ3n) is 3.60. The highest BCUT2D eigenvalue weighted by molar-refractivity contribution is 7.89. The van der Waals surface area contributed by atoms with Gasteiger partial charge in [-0.1, -0.05) is 36.4 Å². The zero-order valence-corrected chi connectivity index (χ0v) is 15.6. The van der Waals surface area contributed by atoms with E-state index in [0.717, 1.165) is 16.7 Å². The molecule has 0 heterocycles. The first-order valence-corrected chi connectivity index (χ1v) is 8.79. The normalized spacial score (nSPS) is 12.3. The molecule has 2 aromatic carbocycles. The van der Waals surface area contributed by atoms with Crippen molar-refractivity contribution in [3.05, 3.63) is 59.2 Å². The molecular formula is C17H23ClN2O3S. The van der Waals surface area contributed by atoms with Crippen molar-refractivity contribution in [3.8, 4) is 5.75 Å². The summed E-state index contributed by atoms with van der Waals surface area (Å²) in [5.41, 5.74) is 8.57. The molecule has 1 atom stereocenters. The predicted octanol–water partition coefficient (Wildman–Crippen LogP) is 2.71. The molecule has 2 aromatic rings. The van der Waals surface area contributed by atoms with Crippen LogP contribution in [0.25, 0.3) is 0 Å². The zero-order valence-electron chi connectivity index (χ0n) is 13.9. The van der Waals surface area contributed by atoms with Gasteiger partial charge < -0.3 is 10.5 Å². The summed E-state index contributed by atoms with van der Waals surface area (Å²) in [5, 5.41) is 0. The highest BCUT2D eigenvalue weighted by atomic mass is 35.5. The van der Waals surface area contributed by atoms with Crippen LogP contribution >= 0.6 is 12.4 Å². The number of benzene rings is 2. The first-order chi connectivity index (χ1) is 10.8. The molecule has 0 saturated carbocycles. The Morgan fingerprint density at radius 3 is 2.38 bits per heavy atom. The molecular weight excluding hydrogens is 348 g/mol. The minimum Gasteiger partial charge on any atom is -0.495 e. The zero-order chi connectivity index (χ0) is 17.0. The van der Waals surface area contributed by atoms with Crippen LogP contribution in [0.15, 0.2) is 47.4 Å². The van der Waals surface area contributed by atoms with E-state index in [1.807, 2.05) is 50.2 Å². The molecule has 0 radical (unpaired) electrons. The summed E-state index contributed by atoms with van der Waals surface area (Å²) in [6, 6.07) is 12.4. The van der Waals surface area contributed by atoms with Crippen molar-refractivity contribution in [2.24, 2.45) is 5.73 Å². The van der Waals surface area contributed by atoms with E-state index in [1.54, 1.807) is 6.07 Å². The van der Waals surface area contributed by atoms with E-state index in [9.17, 15) is 8.42 Å². The molecule has 7 heteroatoms. The van der Waals surface area contributed by atoms with Gasteiger partial charge in [0.05, 0.1) is 7.11 Å². The van der Waals surface area contributed by atoms with Crippen molar-refractivity contribution in [3.63, 3.8) is 0 Å². The Balaban J connectivity index is 0.00000288. The molecule has 5 nitrogen and oxygen atoms in total. The maximum Gasteiger partial charge on any atom is 0.244 e. The van der Waals surface area contributed by atoms with Gasteiger partial charge in [0, 0.05) is 12.6 Å². The van der Waals surface area contributed by atoms with E-state index < -0.39 is 16.1 Å². The molecule has 0 aliphatic carbocycles. The third kappa shape index (κ3) is 4.70. The lowest BCUT2D eigenvalue weighted by Gasteiger charge is -2.16. The monoisotopic (exact) mass is 370 g/mol. The molecule has 0 aliphatic rings. The Labute approximate surface area is 149 Å². The second-order valence-corrected chi connectivity index (χ2v) is 7.22. The number of methoxy groups -OCH3 is 1. The lowest BCUT2D eigenvalue weighted by molar-refractivity contribution is 0.399. The molecule has 2 rings (SSSR count). The summed E-state index contributed by atoms with van der Waals surface area (Å²) in [4.78, 5) is 0.137. The van der Waals surface area contributed by atoms with Gasteiger partial charge in [0.15, 0.2) is 0 Å². The molecule has 0 amide bonds. The van der Waals surface area contributed by atoms with Gasteiger partial charge in [-0.05, 0) is 36.6 Å². The summed E-state index contributed by atoms with van der Waals surface area (Å²) in [5.74, 6) is 0.358. The van der Waals surface area contributed by atoms with Crippen LogP contribution in [-0.4, -0.2) is 22.1 Å². The van der Waals surface area contributed by atoms with E-state index in [0.29, 0.717) is 5.75 Å². The fourth-order valence-electron chi connectivity index (χ4n) is 2.47. The summed E-state index contributed by atoms with van der Waals surface area (Å²) in [7, 11) is -2.24. The van der Waals surface area contributed by atoms with E-state index in [-0.39, 0.29) is 23.8 Å². The van der Waals surface area contributed by atoms with Gasteiger partial charge in [-0.15, -0.1) is 12.4 Å². The number of aryl methyl sites for hydroxylation is 2. The summed E-state index contributed by atoms with van der Waals surface area (Å²) < 4.78 is 33.0. The second kappa shape index (κ2) is 8.48. The number of nitrogens with one attached hydrogen (secondary N) is 1. The fourth-order valence-corrected chi connectivity index (χ4v) is 3.86. The van der Waals surface area contributed by atoms with Crippen LogP contribution in [0.4, 0.5) is 0 Å². The molecule has 0 spiro atoms. The van der Waals surface area contributed by atoms with Crippen LogP contribution in [-0.2, 0) is 10.0 Å². The van der Waals surface area contributed by atoms with Crippen molar-refractivity contribution in [1.29, 1.82) is 0 Å². The molecule has 0 aromatic heterocycles. The smallest absolute Gasteiger partial charge is 0.244 e. The van der Waals surface area contributed by atoms with Gasteiger partial charge >= 0.3 is 0 Å². The van der Waals surface area contributed by atoms with Crippen molar-refractivity contribution >= 4 is 22.4 Å². The maximum atomic E-state index is 12.6. The number of rotatable bonds is 6. The number of sulfonamides is 1. The number of nitrogens with two attached hydrogens (primary N) is 1. The van der Waals surface area contributed by atoms with Gasteiger partial charge in [-0.2, -0.15) is 0 Å². The van der Waals surface area contributed by atoms with Gasteiger partial charge in [0.2, 0.25) is 10.0 Å². The van der Waals surface area contributed by atoms with Crippen LogP contribution in [0, 0.1) is 13.8 Å².